The standard InChI is InChI=1S/C27H33ClF3N3O2/c1-5-22(35)20-9-8-17(24(28)25(20)29)13-19(34(3)4)16-33-23(36)14-21(18-7-6-12-32-15-18)27(10-11-27)26(2,30)31/h6-9,12,15,19,21H,5,10-11,13-14,16H2,1-4H3,(H,33,36)/t19-,21-/m0/s1. The van der Waals surface area contributed by atoms with E-state index in [4.69, 9.17) is 11.6 Å². The fraction of sp³-hybridized carbons (Fsp3) is 0.519. The molecule has 0 spiro atoms. The van der Waals surface area contributed by atoms with Crippen molar-refractivity contribution in [2.24, 2.45) is 5.41 Å². The molecule has 1 aliphatic rings. The highest BCUT2D eigenvalue weighted by Gasteiger charge is 2.63. The summed E-state index contributed by atoms with van der Waals surface area (Å²) in [6.07, 6.45) is 4.24. The fourth-order valence-corrected chi connectivity index (χ4v) is 5.02. The van der Waals surface area contributed by atoms with E-state index in [2.05, 4.69) is 10.3 Å². The summed E-state index contributed by atoms with van der Waals surface area (Å²) in [5, 5.41) is 2.77. The van der Waals surface area contributed by atoms with Crippen LogP contribution in [0.1, 0.15) is 66.9 Å². The molecule has 196 valence electrons. The van der Waals surface area contributed by atoms with Gasteiger partial charge in [0.1, 0.15) is 0 Å². The van der Waals surface area contributed by atoms with Gasteiger partial charge in [-0.25, -0.2) is 13.2 Å². The second-order valence-electron chi connectivity index (χ2n) is 9.89. The maximum Gasteiger partial charge on any atom is 0.251 e. The summed E-state index contributed by atoms with van der Waals surface area (Å²) in [7, 11) is 3.65. The number of benzene rings is 1. The summed E-state index contributed by atoms with van der Waals surface area (Å²) >= 11 is 6.24. The van der Waals surface area contributed by atoms with Gasteiger partial charge < -0.3 is 10.2 Å². The lowest BCUT2D eigenvalue weighted by Crippen LogP contribution is -2.43. The molecule has 0 saturated heterocycles. The van der Waals surface area contributed by atoms with Crippen LogP contribution < -0.4 is 5.32 Å². The van der Waals surface area contributed by atoms with E-state index in [1.165, 1.54) is 6.07 Å². The molecule has 1 amide bonds. The Hall–Kier alpha value is -2.45. The molecule has 1 heterocycles. The zero-order chi connectivity index (χ0) is 26.7. The van der Waals surface area contributed by atoms with Crippen molar-refractivity contribution in [1.29, 1.82) is 0 Å². The Morgan fingerprint density at radius 1 is 1.25 bits per heavy atom. The average Bonchev–Trinajstić information content (AvgIpc) is 3.65. The number of nitrogens with one attached hydrogen (secondary N) is 1. The summed E-state index contributed by atoms with van der Waals surface area (Å²) in [6, 6.07) is 6.26. The number of carbonyl (C=O) groups excluding carboxylic acids is 2. The molecule has 9 heteroatoms. The van der Waals surface area contributed by atoms with Gasteiger partial charge in [-0.2, -0.15) is 0 Å². The number of pyridine rings is 1. The van der Waals surface area contributed by atoms with Crippen molar-refractivity contribution in [2.75, 3.05) is 20.6 Å². The number of amides is 1. The average molecular weight is 524 g/mol. The Labute approximate surface area is 215 Å². The first-order valence-corrected chi connectivity index (χ1v) is 12.5. The van der Waals surface area contributed by atoms with Crippen molar-refractivity contribution < 1.29 is 22.8 Å². The molecule has 0 radical (unpaired) electrons. The van der Waals surface area contributed by atoms with E-state index < -0.39 is 23.1 Å². The molecular weight excluding hydrogens is 491 g/mol. The van der Waals surface area contributed by atoms with Gasteiger partial charge in [0.05, 0.1) is 10.6 Å². The zero-order valence-corrected chi connectivity index (χ0v) is 21.8. The first-order valence-electron chi connectivity index (χ1n) is 12.1. The fourth-order valence-electron chi connectivity index (χ4n) is 4.78. The Morgan fingerprint density at radius 3 is 2.47 bits per heavy atom. The monoisotopic (exact) mass is 523 g/mol. The van der Waals surface area contributed by atoms with Gasteiger partial charge in [-0.1, -0.05) is 30.7 Å². The SMILES string of the molecule is CCC(=O)c1ccc(C[C@@H](CNC(=O)C[C@@H](c2cccnc2)C2(C(C)(F)F)CC2)N(C)C)c(Cl)c1F. The summed E-state index contributed by atoms with van der Waals surface area (Å²) in [5.41, 5.74) is -0.147. The number of Topliss-reactive ketones (excluding diaryl/α,β-unsaturated/α-hetero) is 1. The summed E-state index contributed by atoms with van der Waals surface area (Å²) in [4.78, 5) is 30.8. The van der Waals surface area contributed by atoms with Crippen molar-refractivity contribution in [2.45, 2.75) is 63.8 Å². The van der Waals surface area contributed by atoms with E-state index in [1.54, 1.807) is 37.5 Å². The molecule has 2 atom stereocenters. The summed E-state index contributed by atoms with van der Waals surface area (Å²) in [6.45, 7) is 2.79. The first-order chi connectivity index (χ1) is 16.9. The number of rotatable bonds is 12. The second-order valence-corrected chi connectivity index (χ2v) is 10.3. The minimum absolute atomic E-state index is 0.0378. The Kier molecular flexibility index (Phi) is 8.83. The van der Waals surface area contributed by atoms with E-state index >= 15 is 0 Å². The van der Waals surface area contributed by atoms with Crippen LogP contribution in [0.2, 0.25) is 5.02 Å². The van der Waals surface area contributed by atoms with E-state index in [-0.39, 0.29) is 47.7 Å². The van der Waals surface area contributed by atoms with E-state index in [0.29, 0.717) is 30.4 Å². The van der Waals surface area contributed by atoms with E-state index in [0.717, 1.165) is 6.92 Å². The van der Waals surface area contributed by atoms with Gasteiger partial charge in [0.25, 0.3) is 5.92 Å². The Bertz CT molecular complexity index is 1090. The van der Waals surface area contributed by atoms with Crippen molar-refractivity contribution in [1.82, 2.24) is 15.2 Å². The summed E-state index contributed by atoms with van der Waals surface area (Å²) in [5.74, 6) is -4.99. The van der Waals surface area contributed by atoms with Gasteiger partial charge in [-0.3, -0.25) is 14.6 Å². The van der Waals surface area contributed by atoms with Crippen LogP contribution in [0.15, 0.2) is 36.7 Å². The van der Waals surface area contributed by atoms with Crippen molar-refractivity contribution in [3.63, 3.8) is 0 Å². The van der Waals surface area contributed by atoms with Crippen LogP contribution in [0, 0.1) is 11.2 Å². The van der Waals surface area contributed by atoms with Crippen molar-refractivity contribution in [3.05, 3.63) is 64.2 Å². The molecule has 1 N–H and O–H groups in total. The maximum atomic E-state index is 14.7. The third kappa shape index (κ3) is 6.09. The molecule has 3 rings (SSSR count). The highest BCUT2D eigenvalue weighted by Crippen LogP contribution is 2.65. The van der Waals surface area contributed by atoms with Crippen LogP contribution in [0.3, 0.4) is 0 Å². The number of hydrogen-bond acceptors (Lipinski definition) is 4. The normalized spacial score (nSPS) is 16.5. The number of halogens is 4. The van der Waals surface area contributed by atoms with Crippen LogP contribution in [0.5, 0.6) is 0 Å². The minimum Gasteiger partial charge on any atom is -0.355 e. The summed E-state index contributed by atoms with van der Waals surface area (Å²) < 4.78 is 43.8. The van der Waals surface area contributed by atoms with Crippen molar-refractivity contribution >= 4 is 23.3 Å². The molecule has 1 aromatic heterocycles. The number of alkyl halides is 2. The molecule has 36 heavy (non-hydrogen) atoms. The van der Waals surface area contributed by atoms with Gasteiger partial charge in [-0.05, 0) is 63.5 Å². The highest BCUT2D eigenvalue weighted by atomic mass is 35.5. The molecule has 1 fully saturated rings. The van der Waals surface area contributed by atoms with E-state index in [9.17, 15) is 22.8 Å². The third-order valence-corrected chi connectivity index (χ3v) is 7.72. The molecule has 2 aromatic rings. The number of hydrogen-bond donors (Lipinski definition) is 1. The predicted octanol–water partition coefficient (Wildman–Crippen LogP) is 5.67. The van der Waals surface area contributed by atoms with E-state index in [1.807, 2.05) is 19.0 Å². The lowest BCUT2D eigenvalue weighted by atomic mass is 9.77. The first kappa shape index (κ1) is 28.1. The lowest BCUT2D eigenvalue weighted by molar-refractivity contribution is -0.123. The number of aromatic nitrogens is 1. The highest BCUT2D eigenvalue weighted by molar-refractivity contribution is 6.32. The molecule has 5 nitrogen and oxygen atoms in total. The van der Waals surface area contributed by atoms with Crippen molar-refractivity contribution in [3.8, 4) is 0 Å². The van der Waals surface area contributed by atoms with Gasteiger partial charge in [0.15, 0.2) is 11.6 Å². The van der Waals surface area contributed by atoms with Gasteiger partial charge >= 0.3 is 0 Å². The topological polar surface area (TPSA) is 62.3 Å². The largest absolute Gasteiger partial charge is 0.355 e. The van der Waals surface area contributed by atoms with Crippen LogP contribution in [-0.2, 0) is 11.2 Å². The molecule has 1 aliphatic carbocycles. The van der Waals surface area contributed by atoms with Crippen LogP contribution >= 0.6 is 11.6 Å². The number of ketones is 1. The molecule has 0 aliphatic heterocycles. The van der Waals surface area contributed by atoms with Crippen LogP contribution in [0.4, 0.5) is 13.2 Å². The molecule has 1 aromatic carbocycles. The predicted molar refractivity (Wildman–Crippen MR) is 134 cm³/mol. The Balaban J connectivity index is 1.71. The smallest absolute Gasteiger partial charge is 0.251 e. The molecule has 0 bridgehead atoms. The Morgan fingerprint density at radius 2 is 1.94 bits per heavy atom. The van der Waals surface area contributed by atoms with Crippen LogP contribution in [-0.4, -0.2) is 54.2 Å². The molecular formula is C27H33ClF3N3O2. The third-order valence-electron chi connectivity index (χ3n) is 7.31. The second kappa shape index (κ2) is 11.3. The quantitative estimate of drug-likeness (QED) is 0.364. The van der Waals surface area contributed by atoms with Gasteiger partial charge in [0.2, 0.25) is 5.91 Å². The van der Waals surface area contributed by atoms with Gasteiger partial charge in [-0.15, -0.1) is 0 Å². The number of likely N-dealkylation sites (N-methyl/N-ethyl adjacent to an activating group) is 1. The lowest BCUT2D eigenvalue weighted by Gasteiger charge is -2.32. The molecule has 1 saturated carbocycles. The minimum atomic E-state index is -2.92. The zero-order valence-electron chi connectivity index (χ0n) is 21.1. The number of carbonyl (C=O) groups is 2. The maximum absolute atomic E-state index is 14.7. The number of nitrogens with zero attached hydrogens (tertiary/aromatic N) is 2. The van der Waals surface area contributed by atoms with Gasteiger partial charge in [0, 0.05) is 49.2 Å². The van der Waals surface area contributed by atoms with Crippen LogP contribution in [0.25, 0.3) is 0 Å². The molecule has 0 unspecified atom stereocenters.